The molecule has 1 amide bonds. The van der Waals surface area contributed by atoms with E-state index in [4.69, 9.17) is 14.2 Å². The van der Waals surface area contributed by atoms with Gasteiger partial charge in [0.2, 0.25) is 0 Å². The fourth-order valence-corrected chi connectivity index (χ4v) is 4.32. The number of amides is 1. The van der Waals surface area contributed by atoms with Crippen LogP contribution in [0.25, 0.3) is 0 Å². The van der Waals surface area contributed by atoms with Gasteiger partial charge in [0, 0.05) is 17.3 Å². The molecule has 2 N–H and O–H groups in total. The molecule has 0 aromatic heterocycles. The predicted molar refractivity (Wildman–Crippen MR) is 132 cm³/mol. The van der Waals surface area contributed by atoms with Gasteiger partial charge in [0.1, 0.15) is 5.75 Å². The molecule has 10 heteroatoms. The van der Waals surface area contributed by atoms with E-state index < -0.39 is 15.9 Å². The first-order chi connectivity index (χ1) is 16.7. The Balaban J connectivity index is 1.99. The summed E-state index contributed by atoms with van der Waals surface area (Å²) in [5.41, 5.74) is 0.770. The van der Waals surface area contributed by atoms with E-state index in [1.807, 2.05) is 6.92 Å². The quantitative estimate of drug-likeness (QED) is 0.399. The minimum atomic E-state index is -4.06. The van der Waals surface area contributed by atoms with Gasteiger partial charge in [0.25, 0.3) is 15.9 Å². The van der Waals surface area contributed by atoms with Gasteiger partial charge in [-0.25, -0.2) is 8.42 Å². The highest BCUT2D eigenvalue weighted by Gasteiger charge is 2.22. The molecule has 0 radical (unpaired) electrons. The minimum absolute atomic E-state index is 0.00890. The Morgan fingerprint density at radius 1 is 0.914 bits per heavy atom. The number of ether oxygens (including phenoxy) is 3. The minimum Gasteiger partial charge on any atom is -0.494 e. The summed E-state index contributed by atoms with van der Waals surface area (Å²) in [4.78, 5) is 24.8. The van der Waals surface area contributed by atoms with Crippen LogP contribution in [0.1, 0.15) is 34.6 Å². The van der Waals surface area contributed by atoms with E-state index in [0.29, 0.717) is 23.6 Å². The fourth-order valence-electron chi connectivity index (χ4n) is 3.25. The van der Waals surface area contributed by atoms with Gasteiger partial charge in [-0.2, -0.15) is 0 Å². The van der Waals surface area contributed by atoms with Crippen molar-refractivity contribution in [2.24, 2.45) is 0 Å². The molecule has 9 nitrogen and oxygen atoms in total. The first kappa shape index (κ1) is 25.6. The number of carbonyl (C=O) groups is 2. The molecule has 0 bridgehead atoms. The zero-order chi connectivity index (χ0) is 25.6. The van der Waals surface area contributed by atoms with Crippen LogP contribution in [0.5, 0.6) is 17.2 Å². The molecule has 0 heterocycles. The van der Waals surface area contributed by atoms with E-state index in [9.17, 15) is 18.0 Å². The molecule has 0 aliphatic rings. The van der Waals surface area contributed by atoms with Gasteiger partial charge in [0.05, 0.1) is 37.0 Å². The zero-order valence-corrected chi connectivity index (χ0v) is 20.6. The van der Waals surface area contributed by atoms with Crippen molar-refractivity contribution in [3.63, 3.8) is 0 Å². The van der Waals surface area contributed by atoms with Gasteiger partial charge in [-0.05, 0) is 56.3 Å². The van der Waals surface area contributed by atoms with Crippen molar-refractivity contribution in [1.82, 2.24) is 0 Å². The van der Waals surface area contributed by atoms with Crippen LogP contribution in [-0.4, -0.2) is 40.9 Å². The Labute approximate surface area is 204 Å². The summed E-state index contributed by atoms with van der Waals surface area (Å²) in [5, 5.41) is 2.69. The van der Waals surface area contributed by atoms with Crippen molar-refractivity contribution >= 4 is 33.1 Å². The third-order valence-electron chi connectivity index (χ3n) is 4.98. The van der Waals surface area contributed by atoms with Gasteiger partial charge in [-0.3, -0.25) is 14.3 Å². The number of rotatable bonds is 10. The lowest BCUT2D eigenvalue weighted by molar-refractivity contribution is 0.101. The molecule has 0 saturated carbocycles. The number of ketones is 1. The number of sulfonamides is 1. The molecular formula is C25H26N2O7S. The number of hydrogen-bond donors (Lipinski definition) is 2. The van der Waals surface area contributed by atoms with Gasteiger partial charge in [0.15, 0.2) is 17.3 Å². The summed E-state index contributed by atoms with van der Waals surface area (Å²) in [6.45, 7) is 3.69. The maximum absolute atomic E-state index is 13.2. The largest absolute Gasteiger partial charge is 0.494 e. The monoisotopic (exact) mass is 498 g/mol. The molecule has 184 valence electrons. The van der Waals surface area contributed by atoms with E-state index in [0.717, 1.165) is 0 Å². The van der Waals surface area contributed by atoms with Crippen LogP contribution in [0.4, 0.5) is 11.4 Å². The first-order valence-electron chi connectivity index (χ1n) is 10.6. The molecule has 0 aliphatic carbocycles. The van der Waals surface area contributed by atoms with E-state index in [1.165, 1.54) is 51.5 Å². The molecule has 0 saturated heterocycles. The van der Waals surface area contributed by atoms with Gasteiger partial charge in [-0.15, -0.1) is 0 Å². The Hall–Kier alpha value is -4.05. The van der Waals surface area contributed by atoms with Crippen molar-refractivity contribution in [3.05, 3.63) is 71.8 Å². The van der Waals surface area contributed by atoms with Crippen LogP contribution < -0.4 is 24.2 Å². The second-order valence-corrected chi connectivity index (χ2v) is 9.04. The molecule has 35 heavy (non-hydrogen) atoms. The number of anilines is 2. The first-order valence-corrected chi connectivity index (χ1v) is 12.1. The molecule has 0 atom stereocenters. The molecule has 0 fully saturated rings. The van der Waals surface area contributed by atoms with Crippen molar-refractivity contribution in [3.8, 4) is 17.2 Å². The fraction of sp³-hybridized carbons (Fsp3) is 0.200. The van der Waals surface area contributed by atoms with Crippen molar-refractivity contribution in [1.29, 1.82) is 0 Å². The predicted octanol–water partition coefficient (Wildman–Crippen LogP) is 4.36. The smallest absolute Gasteiger partial charge is 0.261 e. The molecule has 0 spiro atoms. The van der Waals surface area contributed by atoms with Crippen LogP contribution >= 0.6 is 0 Å². The van der Waals surface area contributed by atoms with Crippen molar-refractivity contribution in [2.45, 2.75) is 18.7 Å². The Morgan fingerprint density at radius 3 is 2.17 bits per heavy atom. The van der Waals surface area contributed by atoms with E-state index >= 15 is 0 Å². The van der Waals surface area contributed by atoms with Gasteiger partial charge >= 0.3 is 0 Å². The zero-order valence-electron chi connectivity index (χ0n) is 19.7. The number of carbonyl (C=O) groups excluding carboxylic acids is 2. The molecule has 3 rings (SSSR count). The molecule has 0 aliphatic heterocycles. The average Bonchev–Trinajstić information content (AvgIpc) is 2.84. The number of Topliss-reactive ketones (excluding diaryl/α,β-unsaturated/α-hetero) is 1. The van der Waals surface area contributed by atoms with Gasteiger partial charge in [-0.1, -0.05) is 12.1 Å². The average molecular weight is 499 g/mol. The number of nitrogens with one attached hydrogen (secondary N) is 2. The summed E-state index contributed by atoms with van der Waals surface area (Å²) in [7, 11) is -1.26. The van der Waals surface area contributed by atoms with Crippen LogP contribution in [0.15, 0.2) is 65.6 Å². The highest BCUT2D eigenvalue weighted by molar-refractivity contribution is 7.92. The van der Waals surface area contributed by atoms with E-state index in [-0.39, 0.29) is 33.4 Å². The molecule has 3 aromatic rings. The molecular weight excluding hydrogens is 472 g/mol. The summed E-state index contributed by atoms with van der Waals surface area (Å²) < 4.78 is 44.6. The highest BCUT2D eigenvalue weighted by Crippen LogP contribution is 2.35. The third kappa shape index (κ3) is 6.10. The van der Waals surface area contributed by atoms with E-state index in [2.05, 4.69) is 10.0 Å². The Morgan fingerprint density at radius 2 is 1.57 bits per heavy atom. The summed E-state index contributed by atoms with van der Waals surface area (Å²) >= 11 is 0. The van der Waals surface area contributed by atoms with Crippen LogP contribution in [0, 0.1) is 0 Å². The summed E-state index contributed by atoms with van der Waals surface area (Å²) in [5.74, 6) is 0.226. The van der Waals surface area contributed by atoms with Crippen LogP contribution in [0.3, 0.4) is 0 Å². The summed E-state index contributed by atoms with van der Waals surface area (Å²) in [6.07, 6.45) is 0. The lowest BCUT2D eigenvalue weighted by Crippen LogP contribution is -2.19. The Bertz CT molecular complexity index is 1340. The maximum atomic E-state index is 13.2. The Kier molecular flexibility index (Phi) is 7.98. The topological polar surface area (TPSA) is 120 Å². The third-order valence-corrected chi connectivity index (χ3v) is 6.37. The normalized spacial score (nSPS) is 10.9. The SMILES string of the molecule is CCOc1ccc(S(=O)(=O)Nc2cc(OC)c(OC)cc2C(=O)Nc2cccc(C(C)=O)c2)cc1. The van der Waals surface area contributed by atoms with Crippen LogP contribution in [0.2, 0.25) is 0 Å². The standard InChI is InChI=1S/C25H26N2O7S/c1-5-34-19-9-11-20(12-10-19)35(30,31)27-22-15-24(33-4)23(32-3)14-21(22)25(29)26-18-8-6-7-17(13-18)16(2)28/h6-15,27H,5H2,1-4H3,(H,26,29). The second-order valence-electron chi connectivity index (χ2n) is 7.35. The van der Waals surface area contributed by atoms with Crippen LogP contribution in [-0.2, 0) is 10.0 Å². The van der Waals surface area contributed by atoms with Gasteiger partial charge < -0.3 is 19.5 Å². The molecule has 3 aromatic carbocycles. The number of benzene rings is 3. The maximum Gasteiger partial charge on any atom is 0.261 e. The highest BCUT2D eigenvalue weighted by atomic mass is 32.2. The second kappa shape index (κ2) is 10.9. The number of hydrogen-bond acceptors (Lipinski definition) is 7. The van der Waals surface area contributed by atoms with E-state index in [1.54, 1.807) is 30.3 Å². The number of methoxy groups -OCH3 is 2. The molecule has 0 unspecified atom stereocenters. The lowest BCUT2D eigenvalue weighted by atomic mass is 10.1. The summed E-state index contributed by atoms with van der Waals surface area (Å²) in [6, 6.07) is 15.1. The van der Waals surface area contributed by atoms with Crippen molar-refractivity contribution < 1.29 is 32.2 Å². The lowest BCUT2D eigenvalue weighted by Gasteiger charge is -2.17. The van der Waals surface area contributed by atoms with Crippen molar-refractivity contribution in [2.75, 3.05) is 30.9 Å².